The van der Waals surface area contributed by atoms with Gasteiger partial charge in [0.25, 0.3) is 0 Å². The molecule has 2 heterocycles. The zero-order chi connectivity index (χ0) is 15.6. The number of aromatic nitrogens is 2. The largest absolute Gasteiger partial charge is 0.353 e. The van der Waals surface area contributed by atoms with Crippen LogP contribution in [0.25, 0.3) is 0 Å². The Labute approximate surface area is 140 Å². The first-order chi connectivity index (χ1) is 10.6. The van der Waals surface area contributed by atoms with Crippen molar-refractivity contribution in [3.8, 4) is 0 Å². The van der Waals surface area contributed by atoms with Gasteiger partial charge in [0.15, 0.2) is 5.16 Å². The maximum absolute atomic E-state index is 12.1. The highest BCUT2D eigenvalue weighted by atomic mass is 35.5. The van der Waals surface area contributed by atoms with Crippen LogP contribution in [0.4, 0.5) is 0 Å². The van der Waals surface area contributed by atoms with Gasteiger partial charge in [0, 0.05) is 23.8 Å². The van der Waals surface area contributed by atoms with Crippen LogP contribution in [-0.4, -0.2) is 40.3 Å². The molecule has 1 aromatic heterocycles. The summed E-state index contributed by atoms with van der Waals surface area (Å²) < 4.78 is 0. The molecule has 1 spiro atoms. The second kappa shape index (κ2) is 6.72. The predicted molar refractivity (Wildman–Crippen MR) is 88.3 cm³/mol. The van der Waals surface area contributed by atoms with Gasteiger partial charge in [0.05, 0.1) is 6.04 Å². The Morgan fingerprint density at radius 3 is 2.91 bits per heavy atom. The lowest BCUT2D eigenvalue weighted by molar-refractivity contribution is -0.126. The van der Waals surface area contributed by atoms with Crippen molar-refractivity contribution >= 4 is 29.3 Å². The summed E-state index contributed by atoms with van der Waals surface area (Å²) in [5.41, 5.74) is 1.02. The summed E-state index contributed by atoms with van der Waals surface area (Å²) in [5.74, 6) is 0.0929. The Morgan fingerprint density at radius 2 is 2.23 bits per heavy atom. The minimum Gasteiger partial charge on any atom is -0.353 e. The first-order valence-electron chi connectivity index (χ1n) is 7.73. The number of piperazine rings is 1. The molecular weight excluding hydrogens is 320 g/mol. The molecule has 2 fully saturated rings. The number of halogens is 1. The van der Waals surface area contributed by atoms with E-state index >= 15 is 0 Å². The first-order valence-corrected chi connectivity index (χ1v) is 9.33. The van der Waals surface area contributed by atoms with Crippen LogP contribution in [0.5, 0.6) is 0 Å². The summed E-state index contributed by atoms with van der Waals surface area (Å²) >= 11 is 7.67. The van der Waals surface area contributed by atoms with Gasteiger partial charge >= 0.3 is 0 Å². The average Bonchev–Trinajstić information content (AvgIpc) is 2.97. The van der Waals surface area contributed by atoms with Crippen LogP contribution in [-0.2, 0) is 11.2 Å². The van der Waals surface area contributed by atoms with Crippen molar-refractivity contribution in [3.63, 3.8) is 0 Å². The van der Waals surface area contributed by atoms with Crippen LogP contribution >= 0.6 is 23.4 Å². The van der Waals surface area contributed by atoms with Crippen molar-refractivity contribution in [2.45, 2.75) is 55.3 Å². The second-order valence-corrected chi connectivity index (χ2v) is 7.24. The molecule has 1 amide bonds. The van der Waals surface area contributed by atoms with Crippen molar-refractivity contribution in [1.29, 1.82) is 0 Å². The highest BCUT2D eigenvalue weighted by molar-refractivity contribution is 7.98. The van der Waals surface area contributed by atoms with Gasteiger partial charge in [-0.2, -0.15) is 0 Å². The second-order valence-electron chi connectivity index (χ2n) is 6.11. The number of nitrogens with one attached hydrogen (secondary N) is 2. The lowest BCUT2D eigenvalue weighted by Gasteiger charge is -2.39. The van der Waals surface area contributed by atoms with Gasteiger partial charge in [-0.1, -0.05) is 36.2 Å². The van der Waals surface area contributed by atoms with Gasteiger partial charge in [0.2, 0.25) is 5.91 Å². The van der Waals surface area contributed by atoms with E-state index in [0.29, 0.717) is 16.7 Å². The highest BCUT2D eigenvalue weighted by Crippen LogP contribution is 2.31. The molecule has 1 aliphatic carbocycles. The Hall–Kier alpha value is -0.850. The van der Waals surface area contributed by atoms with E-state index in [1.807, 2.05) is 6.26 Å². The molecule has 2 N–H and O–H groups in total. The number of carbonyl (C=O) groups excluding carboxylic acids is 1. The van der Waals surface area contributed by atoms with Crippen molar-refractivity contribution in [2.75, 3.05) is 12.8 Å². The Bertz CT molecular complexity index is 562. The van der Waals surface area contributed by atoms with Crippen LogP contribution in [0, 0.1) is 0 Å². The lowest BCUT2D eigenvalue weighted by Crippen LogP contribution is -2.65. The van der Waals surface area contributed by atoms with Crippen molar-refractivity contribution in [2.24, 2.45) is 0 Å². The third-order valence-corrected chi connectivity index (χ3v) is 5.52. The zero-order valence-electron chi connectivity index (χ0n) is 12.7. The third kappa shape index (κ3) is 3.39. The molecule has 1 atom stereocenters. The molecule has 7 heteroatoms. The monoisotopic (exact) mass is 340 g/mol. The van der Waals surface area contributed by atoms with Gasteiger partial charge in [-0.05, 0) is 31.9 Å². The van der Waals surface area contributed by atoms with Crippen LogP contribution < -0.4 is 10.6 Å². The van der Waals surface area contributed by atoms with E-state index in [1.54, 1.807) is 6.20 Å². The van der Waals surface area contributed by atoms with E-state index in [1.165, 1.54) is 24.6 Å². The number of hydrogen-bond acceptors (Lipinski definition) is 5. The number of aryl methyl sites for hydroxylation is 1. The lowest BCUT2D eigenvalue weighted by atomic mass is 9.91. The SMILES string of the molecule is CSc1ncc(CCC2NC3(CCCC3)CNC2=O)c(Cl)n1. The number of hydrogen-bond donors (Lipinski definition) is 2. The molecule has 0 radical (unpaired) electrons. The predicted octanol–water partition coefficient (Wildman–Crippen LogP) is 2.19. The normalized spacial score (nSPS) is 23.7. The minimum atomic E-state index is -0.150. The Morgan fingerprint density at radius 1 is 1.45 bits per heavy atom. The van der Waals surface area contributed by atoms with E-state index < -0.39 is 0 Å². The number of nitrogens with zero attached hydrogens (tertiary/aromatic N) is 2. The van der Waals surface area contributed by atoms with Crippen LogP contribution in [0.1, 0.15) is 37.7 Å². The fourth-order valence-corrected chi connectivity index (χ4v) is 3.99. The van der Waals surface area contributed by atoms with E-state index in [4.69, 9.17) is 11.6 Å². The van der Waals surface area contributed by atoms with Crippen LogP contribution in [0.3, 0.4) is 0 Å². The van der Waals surface area contributed by atoms with Crippen LogP contribution in [0.2, 0.25) is 5.15 Å². The number of rotatable bonds is 4. The number of amides is 1. The molecule has 1 aromatic rings. The van der Waals surface area contributed by atoms with Crippen LogP contribution in [0.15, 0.2) is 11.4 Å². The Balaban J connectivity index is 1.63. The fraction of sp³-hybridized carbons (Fsp3) is 0.667. The number of thioether (sulfide) groups is 1. The van der Waals surface area contributed by atoms with E-state index in [2.05, 4.69) is 20.6 Å². The Kier molecular flexibility index (Phi) is 4.90. The first kappa shape index (κ1) is 16.0. The molecule has 1 saturated carbocycles. The zero-order valence-corrected chi connectivity index (χ0v) is 14.3. The standard InChI is InChI=1S/C15H21ClN4OS/c1-22-14-17-8-10(12(16)19-14)4-5-11-13(21)18-9-15(20-11)6-2-3-7-15/h8,11,20H,2-7,9H2,1H3,(H,18,21). The summed E-state index contributed by atoms with van der Waals surface area (Å²) in [6.07, 6.45) is 9.89. The molecule has 0 bridgehead atoms. The molecule has 2 aliphatic rings. The van der Waals surface area contributed by atoms with Gasteiger partial charge < -0.3 is 5.32 Å². The molecule has 3 rings (SSSR count). The molecule has 5 nitrogen and oxygen atoms in total. The van der Waals surface area contributed by atoms with E-state index in [9.17, 15) is 4.79 Å². The van der Waals surface area contributed by atoms with Crippen molar-refractivity contribution in [3.05, 3.63) is 16.9 Å². The molecule has 22 heavy (non-hydrogen) atoms. The highest BCUT2D eigenvalue weighted by Gasteiger charge is 2.41. The minimum absolute atomic E-state index is 0.0929. The molecule has 1 unspecified atom stereocenters. The maximum atomic E-state index is 12.1. The molecule has 120 valence electrons. The number of carbonyl (C=O) groups is 1. The quantitative estimate of drug-likeness (QED) is 0.499. The van der Waals surface area contributed by atoms with Crippen molar-refractivity contribution < 1.29 is 4.79 Å². The van der Waals surface area contributed by atoms with E-state index in [-0.39, 0.29) is 17.5 Å². The third-order valence-electron chi connectivity index (χ3n) is 4.63. The molecule has 1 aliphatic heterocycles. The molecular formula is C15H21ClN4OS. The summed E-state index contributed by atoms with van der Waals surface area (Å²) in [7, 11) is 0. The topological polar surface area (TPSA) is 66.9 Å². The fourth-order valence-electron chi connectivity index (χ4n) is 3.38. The van der Waals surface area contributed by atoms with Gasteiger partial charge in [-0.25, -0.2) is 9.97 Å². The average molecular weight is 341 g/mol. The summed E-state index contributed by atoms with van der Waals surface area (Å²) in [4.78, 5) is 20.6. The smallest absolute Gasteiger partial charge is 0.237 e. The summed E-state index contributed by atoms with van der Waals surface area (Å²) in [5, 5.41) is 7.82. The van der Waals surface area contributed by atoms with E-state index in [0.717, 1.165) is 31.4 Å². The summed E-state index contributed by atoms with van der Waals surface area (Å²) in [6, 6.07) is -0.150. The molecule has 0 aromatic carbocycles. The van der Waals surface area contributed by atoms with Gasteiger partial charge in [-0.3, -0.25) is 10.1 Å². The summed E-state index contributed by atoms with van der Waals surface area (Å²) in [6.45, 7) is 0.759. The molecule has 1 saturated heterocycles. The van der Waals surface area contributed by atoms with Gasteiger partial charge in [0.1, 0.15) is 5.15 Å². The van der Waals surface area contributed by atoms with Gasteiger partial charge in [-0.15, -0.1) is 0 Å². The van der Waals surface area contributed by atoms with Crippen molar-refractivity contribution in [1.82, 2.24) is 20.6 Å². The maximum Gasteiger partial charge on any atom is 0.237 e.